The third kappa shape index (κ3) is 5.24. The number of morpholine rings is 1. The lowest BCUT2D eigenvalue weighted by Crippen LogP contribution is -2.35. The van der Waals surface area contributed by atoms with Crippen LogP contribution in [0.5, 0.6) is 0 Å². The minimum absolute atomic E-state index is 0.0588. The van der Waals surface area contributed by atoms with E-state index in [2.05, 4.69) is 9.62 Å². The standard InChI is InChI=1S/C22H27N3O4S2/c1-2-9-25-20-8-7-19(14-21(20)30-22(25)26)31(27,28)23-15-17-3-5-18(6-4-17)16-24-10-12-29-13-11-24/h3-8,14,23H,2,9-13,15-16H2,1H3. The van der Waals surface area contributed by atoms with Crippen LogP contribution in [0.2, 0.25) is 0 Å². The Balaban J connectivity index is 1.42. The Morgan fingerprint density at radius 2 is 1.77 bits per heavy atom. The zero-order valence-electron chi connectivity index (χ0n) is 17.5. The van der Waals surface area contributed by atoms with Crippen molar-refractivity contribution in [3.63, 3.8) is 0 Å². The Morgan fingerprint density at radius 3 is 2.48 bits per heavy atom. The van der Waals surface area contributed by atoms with Crippen LogP contribution < -0.4 is 9.60 Å². The number of aromatic nitrogens is 1. The van der Waals surface area contributed by atoms with Crippen LogP contribution in [0.25, 0.3) is 10.2 Å². The summed E-state index contributed by atoms with van der Waals surface area (Å²) in [5, 5.41) is 0. The van der Waals surface area contributed by atoms with Crippen molar-refractivity contribution in [2.75, 3.05) is 26.3 Å². The molecule has 2 heterocycles. The summed E-state index contributed by atoms with van der Waals surface area (Å²) >= 11 is 1.08. The highest BCUT2D eigenvalue weighted by molar-refractivity contribution is 7.89. The number of nitrogens with one attached hydrogen (secondary N) is 1. The normalized spacial score (nSPS) is 15.5. The topological polar surface area (TPSA) is 80.6 Å². The molecule has 0 aliphatic carbocycles. The van der Waals surface area contributed by atoms with Gasteiger partial charge in [-0.05, 0) is 35.7 Å². The van der Waals surface area contributed by atoms with Crippen molar-refractivity contribution in [3.8, 4) is 0 Å². The van der Waals surface area contributed by atoms with Gasteiger partial charge < -0.3 is 4.74 Å². The smallest absolute Gasteiger partial charge is 0.308 e. The van der Waals surface area contributed by atoms with E-state index in [1.54, 1.807) is 22.8 Å². The first-order chi connectivity index (χ1) is 15.0. The molecule has 0 atom stereocenters. The van der Waals surface area contributed by atoms with E-state index in [1.807, 2.05) is 31.2 Å². The van der Waals surface area contributed by atoms with Crippen molar-refractivity contribution in [3.05, 3.63) is 63.3 Å². The molecule has 0 radical (unpaired) electrons. The SMILES string of the molecule is CCCn1c(=O)sc2cc(S(=O)(=O)NCc3ccc(CN4CCOCC4)cc3)ccc21. The number of benzene rings is 2. The number of hydrogen-bond donors (Lipinski definition) is 1. The van der Waals surface area contributed by atoms with E-state index in [4.69, 9.17) is 4.74 Å². The zero-order valence-corrected chi connectivity index (χ0v) is 19.2. The fraction of sp³-hybridized carbons (Fsp3) is 0.409. The van der Waals surface area contributed by atoms with Crippen molar-refractivity contribution in [1.29, 1.82) is 0 Å². The van der Waals surface area contributed by atoms with Crippen LogP contribution in [0, 0.1) is 0 Å². The van der Waals surface area contributed by atoms with E-state index >= 15 is 0 Å². The van der Waals surface area contributed by atoms with Gasteiger partial charge in [0.2, 0.25) is 10.0 Å². The Kier molecular flexibility index (Phi) is 6.88. The highest BCUT2D eigenvalue weighted by atomic mass is 32.2. The van der Waals surface area contributed by atoms with Crippen LogP contribution in [0.1, 0.15) is 24.5 Å². The molecule has 7 nitrogen and oxygen atoms in total. The molecule has 166 valence electrons. The summed E-state index contributed by atoms with van der Waals surface area (Å²) in [5.74, 6) is 0. The van der Waals surface area contributed by atoms with Crippen LogP contribution in [-0.2, 0) is 34.4 Å². The van der Waals surface area contributed by atoms with Crippen molar-refractivity contribution in [1.82, 2.24) is 14.2 Å². The molecule has 0 amide bonds. The van der Waals surface area contributed by atoms with Gasteiger partial charge in [-0.15, -0.1) is 0 Å². The van der Waals surface area contributed by atoms with Crippen LogP contribution in [-0.4, -0.2) is 44.2 Å². The highest BCUT2D eigenvalue weighted by Crippen LogP contribution is 2.22. The van der Waals surface area contributed by atoms with Crippen molar-refractivity contribution in [2.24, 2.45) is 0 Å². The lowest BCUT2D eigenvalue weighted by Gasteiger charge is -2.26. The van der Waals surface area contributed by atoms with Gasteiger partial charge in [0, 0.05) is 32.7 Å². The zero-order chi connectivity index (χ0) is 21.8. The third-order valence-corrected chi connectivity index (χ3v) is 7.74. The molecule has 1 N–H and O–H groups in total. The Morgan fingerprint density at radius 1 is 1.06 bits per heavy atom. The molecule has 31 heavy (non-hydrogen) atoms. The molecule has 4 rings (SSSR count). The molecule has 1 aliphatic rings. The van der Waals surface area contributed by atoms with Gasteiger partial charge in [0.05, 0.1) is 28.3 Å². The van der Waals surface area contributed by atoms with E-state index in [0.717, 1.165) is 61.7 Å². The average molecular weight is 462 g/mol. The molecule has 0 saturated carbocycles. The van der Waals surface area contributed by atoms with E-state index in [1.165, 1.54) is 5.56 Å². The first-order valence-corrected chi connectivity index (χ1v) is 12.8. The van der Waals surface area contributed by atoms with Gasteiger partial charge in [0.25, 0.3) is 0 Å². The summed E-state index contributed by atoms with van der Waals surface area (Å²) in [7, 11) is -3.68. The lowest BCUT2D eigenvalue weighted by molar-refractivity contribution is 0.0342. The maximum atomic E-state index is 12.8. The van der Waals surface area contributed by atoms with Crippen molar-refractivity contribution in [2.45, 2.75) is 37.9 Å². The van der Waals surface area contributed by atoms with Crippen LogP contribution in [0.15, 0.2) is 52.2 Å². The molecule has 1 aliphatic heterocycles. The summed E-state index contributed by atoms with van der Waals surface area (Å²) in [6, 6.07) is 12.9. The fourth-order valence-electron chi connectivity index (χ4n) is 3.69. The maximum Gasteiger partial charge on any atom is 0.308 e. The Bertz CT molecular complexity index is 1190. The largest absolute Gasteiger partial charge is 0.379 e. The van der Waals surface area contributed by atoms with Crippen LogP contribution in [0.3, 0.4) is 0 Å². The maximum absolute atomic E-state index is 12.8. The minimum atomic E-state index is -3.68. The predicted molar refractivity (Wildman–Crippen MR) is 123 cm³/mol. The summed E-state index contributed by atoms with van der Waals surface area (Å²) in [6.45, 7) is 7.13. The van der Waals surface area contributed by atoms with Gasteiger partial charge in [-0.25, -0.2) is 13.1 Å². The third-order valence-electron chi connectivity index (χ3n) is 5.40. The second-order valence-electron chi connectivity index (χ2n) is 7.68. The van der Waals surface area contributed by atoms with Gasteiger partial charge >= 0.3 is 4.87 Å². The predicted octanol–water partition coefficient (Wildman–Crippen LogP) is 2.78. The van der Waals surface area contributed by atoms with Crippen molar-refractivity contribution >= 4 is 31.6 Å². The van der Waals surface area contributed by atoms with Gasteiger partial charge in [-0.2, -0.15) is 0 Å². The molecule has 0 unspecified atom stereocenters. The number of sulfonamides is 1. The van der Waals surface area contributed by atoms with Gasteiger partial charge in [-0.3, -0.25) is 14.3 Å². The fourth-order valence-corrected chi connectivity index (χ4v) is 5.77. The molecule has 1 aromatic heterocycles. The molecule has 9 heteroatoms. The van der Waals surface area contributed by atoms with E-state index in [0.29, 0.717) is 11.2 Å². The number of aryl methyl sites for hydroxylation is 1. The quantitative estimate of drug-likeness (QED) is 0.558. The molecule has 0 spiro atoms. The molecular weight excluding hydrogens is 434 g/mol. The number of rotatable bonds is 8. The number of nitrogens with zero attached hydrogens (tertiary/aromatic N) is 2. The molecule has 2 aromatic carbocycles. The first kappa shape index (κ1) is 22.2. The summed E-state index contributed by atoms with van der Waals surface area (Å²) in [5.41, 5.74) is 2.88. The average Bonchev–Trinajstić information content (AvgIpc) is 3.09. The summed E-state index contributed by atoms with van der Waals surface area (Å²) < 4.78 is 36.0. The number of hydrogen-bond acceptors (Lipinski definition) is 6. The number of fused-ring (bicyclic) bond motifs is 1. The van der Waals surface area contributed by atoms with Crippen molar-refractivity contribution < 1.29 is 13.2 Å². The highest BCUT2D eigenvalue weighted by Gasteiger charge is 2.17. The molecular formula is C22H27N3O4S2. The van der Waals surface area contributed by atoms with Gasteiger partial charge in [0.15, 0.2) is 0 Å². The van der Waals surface area contributed by atoms with Crippen LogP contribution in [0.4, 0.5) is 0 Å². The van der Waals surface area contributed by atoms with E-state index in [-0.39, 0.29) is 16.3 Å². The van der Waals surface area contributed by atoms with E-state index in [9.17, 15) is 13.2 Å². The Labute approximate surface area is 186 Å². The molecule has 0 bridgehead atoms. The summed E-state index contributed by atoms with van der Waals surface area (Å²) in [6.07, 6.45) is 0.846. The first-order valence-electron chi connectivity index (χ1n) is 10.5. The monoisotopic (exact) mass is 461 g/mol. The number of ether oxygens (including phenoxy) is 1. The molecule has 1 saturated heterocycles. The van der Waals surface area contributed by atoms with Gasteiger partial charge in [0.1, 0.15) is 0 Å². The minimum Gasteiger partial charge on any atom is -0.379 e. The van der Waals surface area contributed by atoms with Crippen LogP contribution >= 0.6 is 11.3 Å². The second-order valence-corrected chi connectivity index (χ2v) is 10.4. The summed E-state index contributed by atoms with van der Waals surface area (Å²) in [4.78, 5) is 14.6. The number of thiazole rings is 1. The Hall–Kier alpha value is -2.04. The van der Waals surface area contributed by atoms with E-state index < -0.39 is 10.0 Å². The molecule has 3 aromatic rings. The van der Waals surface area contributed by atoms with Gasteiger partial charge in [-0.1, -0.05) is 42.5 Å². The second kappa shape index (κ2) is 9.62. The molecule has 1 fully saturated rings. The lowest BCUT2D eigenvalue weighted by atomic mass is 10.1.